The van der Waals surface area contributed by atoms with E-state index in [-0.39, 0.29) is 28.5 Å². The lowest BCUT2D eigenvalue weighted by atomic mass is 10.2. The van der Waals surface area contributed by atoms with Gasteiger partial charge in [-0.3, -0.25) is 4.79 Å². The van der Waals surface area contributed by atoms with Crippen LogP contribution >= 0.6 is 0 Å². The molecule has 3 rings (SSSR count). The minimum atomic E-state index is -3.84. The Balaban J connectivity index is 2.08. The molecule has 2 saturated heterocycles. The molecule has 0 spiro atoms. The van der Waals surface area contributed by atoms with Crippen molar-refractivity contribution >= 4 is 31.6 Å². The Morgan fingerprint density at radius 2 is 1.80 bits per heavy atom. The lowest BCUT2D eigenvalue weighted by Gasteiger charge is -2.27. The smallest absolute Gasteiger partial charge is 0.246 e. The molecule has 2 heterocycles. The number of carbonyl (C=O) groups excluding carboxylic acids is 1. The monoisotopic (exact) mass is 388 g/mol. The summed E-state index contributed by atoms with van der Waals surface area (Å²) >= 11 is 0. The van der Waals surface area contributed by atoms with Gasteiger partial charge in [0, 0.05) is 19.5 Å². The summed E-state index contributed by atoms with van der Waals surface area (Å²) in [4.78, 5) is 11.8. The number of piperidine rings is 1. The standard InChI is InChI=1S/C15H20N2O6S2/c1-23-13-6-5-12(17-15(18)7-10-24(17,19)20)11-14(13)25(21,22)16-8-3-2-4-9-16/h5-6,11H,2-4,7-10H2,1H3. The van der Waals surface area contributed by atoms with Crippen LogP contribution in [0.2, 0.25) is 0 Å². The van der Waals surface area contributed by atoms with Crippen LogP contribution in [-0.4, -0.2) is 53.0 Å². The van der Waals surface area contributed by atoms with Crippen LogP contribution in [0.3, 0.4) is 0 Å². The molecule has 0 atom stereocenters. The van der Waals surface area contributed by atoms with Crippen LogP contribution in [0.4, 0.5) is 5.69 Å². The largest absolute Gasteiger partial charge is 0.495 e. The summed E-state index contributed by atoms with van der Waals surface area (Å²) in [6, 6.07) is 3.98. The molecule has 0 N–H and O–H groups in total. The summed E-state index contributed by atoms with van der Waals surface area (Å²) in [6.07, 6.45) is 2.42. The number of methoxy groups -OCH3 is 1. The van der Waals surface area contributed by atoms with E-state index in [0.29, 0.717) is 17.4 Å². The number of ether oxygens (including phenoxy) is 1. The van der Waals surface area contributed by atoms with Crippen molar-refractivity contribution in [1.82, 2.24) is 4.31 Å². The topological polar surface area (TPSA) is 101 Å². The average molecular weight is 388 g/mol. The van der Waals surface area contributed by atoms with Gasteiger partial charge in [0.2, 0.25) is 26.0 Å². The normalized spacial score (nSPS) is 21.5. The number of benzene rings is 1. The van der Waals surface area contributed by atoms with Gasteiger partial charge in [0.15, 0.2) is 0 Å². The maximum absolute atomic E-state index is 13.0. The van der Waals surface area contributed by atoms with Crippen molar-refractivity contribution in [2.24, 2.45) is 0 Å². The molecule has 10 heteroatoms. The van der Waals surface area contributed by atoms with Crippen LogP contribution in [0, 0.1) is 0 Å². The molecule has 0 unspecified atom stereocenters. The van der Waals surface area contributed by atoms with E-state index in [0.717, 1.165) is 19.3 Å². The summed E-state index contributed by atoms with van der Waals surface area (Å²) in [5, 5.41) is 0. The first kappa shape index (κ1) is 18.2. The van der Waals surface area contributed by atoms with Gasteiger partial charge in [0.25, 0.3) is 0 Å². The highest BCUT2D eigenvalue weighted by molar-refractivity contribution is 7.94. The molecule has 25 heavy (non-hydrogen) atoms. The van der Waals surface area contributed by atoms with Gasteiger partial charge in [-0.1, -0.05) is 6.42 Å². The van der Waals surface area contributed by atoms with Crippen molar-refractivity contribution in [2.75, 3.05) is 30.3 Å². The maximum Gasteiger partial charge on any atom is 0.246 e. The first-order valence-corrected chi connectivity index (χ1v) is 11.1. The molecule has 1 aromatic rings. The fourth-order valence-electron chi connectivity index (χ4n) is 3.11. The zero-order valence-electron chi connectivity index (χ0n) is 13.8. The van der Waals surface area contributed by atoms with E-state index in [2.05, 4.69) is 0 Å². The van der Waals surface area contributed by atoms with Crippen molar-refractivity contribution in [3.63, 3.8) is 0 Å². The fourth-order valence-corrected chi connectivity index (χ4v) is 6.25. The van der Waals surface area contributed by atoms with Gasteiger partial charge in [0.05, 0.1) is 18.6 Å². The minimum absolute atomic E-state index is 0.0267. The van der Waals surface area contributed by atoms with E-state index in [9.17, 15) is 21.6 Å². The Labute approximate surface area is 147 Å². The van der Waals surface area contributed by atoms with Crippen LogP contribution in [0.5, 0.6) is 5.75 Å². The molecule has 8 nitrogen and oxygen atoms in total. The van der Waals surface area contributed by atoms with E-state index < -0.39 is 26.0 Å². The second-order valence-electron chi connectivity index (χ2n) is 6.02. The van der Waals surface area contributed by atoms with E-state index in [1.165, 1.54) is 29.6 Å². The zero-order chi connectivity index (χ0) is 18.2. The number of nitrogens with zero attached hydrogens (tertiary/aromatic N) is 2. The Bertz CT molecular complexity index is 889. The maximum atomic E-state index is 13.0. The second-order valence-corrected chi connectivity index (χ2v) is 9.87. The molecule has 2 aliphatic rings. The lowest BCUT2D eigenvalue weighted by Crippen LogP contribution is -2.36. The van der Waals surface area contributed by atoms with Gasteiger partial charge >= 0.3 is 0 Å². The lowest BCUT2D eigenvalue weighted by molar-refractivity contribution is -0.116. The van der Waals surface area contributed by atoms with E-state index in [4.69, 9.17) is 4.74 Å². The van der Waals surface area contributed by atoms with Gasteiger partial charge in [-0.15, -0.1) is 0 Å². The van der Waals surface area contributed by atoms with Crippen molar-refractivity contribution in [1.29, 1.82) is 0 Å². The number of amides is 1. The molecule has 0 aromatic heterocycles. The van der Waals surface area contributed by atoms with Crippen molar-refractivity contribution in [3.8, 4) is 5.75 Å². The molecule has 0 aliphatic carbocycles. The molecule has 0 bridgehead atoms. The van der Waals surface area contributed by atoms with Gasteiger partial charge in [-0.25, -0.2) is 21.1 Å². The van der Waals surface area contributed by atoms with Crippen LogP contribution in [-0.2, 0) is 24.8 Å². The summed E-state index contributed by atoms with van der Waals surface area (Å²) in [7, 11) is -6.25. The molecule has 0 saturated carbocycles. The first-order valence-electron chi connectivity index (χ1n) is 8.01. The minimum Gasteiger partial charge on any atom is -0.495 e. The zero-order valence-corrected chi connectivity index (χ0v) is 15.5. The molecule has 138 valence electrons. The van der Waals surface area contributed by atoms with Crippen LogP contribution in [0.1, 0.15) is 25.7 Å². The van der Waals surface area contributed by atoms with Crippen LogP contribution in [0.25, 0.3) is 0 Å². The summed E-state index contributed by atoms with van der Waals surface area (Å²) in [6.45, 7) is 0.827. The van der Waals surface area contributed by atoms with Crippen molar-refractivity contribution in [2.45, 2.75) is 30.6 Å². The Morgan fingerprint density at radius 3 is 2.36 bits per heavy atom. The van der Waals surface area contributed by atoms with E-state index >= 15 is 0 Å². The Morgan fingerprint density at radius 1 is 1.12 bits per heavy atom. The predicted octanol–water partition coefficient (Wildman–Crippen LogP) is 0.936. The molecule has 1 aromatic carbocycles. The number of rotatable bonds is 4. The van der Waals surface area contributed by atoms with Gasteiger partial charge in [0.1, 0.15) is 10.6 Å². The van der Waals surface area contributed by atoms with Gasteiger partial charge < -0.3 is 4.74 Å². The second kappa shape index (κ2) is 6.58. The van der Waals surface area contributed by atoms with Crippen LogP contribution in [0.15, 0.2) is 23.1 Å². The number of hydrogen-bond donors (Lipinski definition) is 0. The van der Waals surface area contributed by atoms with Crippen molar-refractivity contribution < 1.29 is 26.4 Å². The first-order chi connectivity index (χ1) is 11.8. The highest BCUT2D eigenvalue weighted by Crippen LogP contribution is 2.34. The number of sulfonamides is 2. The number of hydrogen-bond acceptors (Lipinski definition) is 6. The SMILES string of the molecule is COc1ccc(N2C(=O)CCS2(=O)=O)cc1S(=O)(=O)N1CCCCC1. The molecule has 2 fully saturated rings. The number of anilines is 1. The van der Waals surface area contributed by atoms with Gasteiger partial charge in [-0.05, 0) is 31.0 Å². The summed E-state index contributed by atoms with van der Waals surface area (Å²) in [5.41, 5.74) is 0.0267. The highest BCUT2D eigenvalue weighted by atomic mass is 32.2. The quantitative estimate of drug-likeness (QED) is 0.761. The highest BCUT2D eigenvalue weighted by Gasteiger charge is 2.38. The number of carbonyl (C=O) groups is 1. The van der Waals surface area contributed by atoms with E-state index in [1.807, 2.05) is 0 Å². The fraction of sp³-hybridized carbons (Fsp3) is 0.533. The molecule has 0 radical (unpaired) electrons. The summed E-state index contributed by atoms with van der Waals surface area (Å²) in [5.74, 6) is -0.712. The average Bonchev–Trinajstić information content (AvgIpc) is 2.88. The molecule has 1 amide bonds. The molecular formula is C15H20N2O6S2. The third-order valence-corrected chi connectivity index (χ3v) is 8.00. The Kier molecular flexibility index (Phi) is 4.78. The van der Waals surface area contributed by atoms with Crippen molar-refractivity contribution in [3.05, 3.63) is 18.2 Å². The van der Waals surface area contributed by atoms with Gasteiger partial charge in [-0.2, -0.15) is 4.31 Å². The predicted molar refractivity (Wildman–Crippen MR) is 91.5 cm³/mol. The summed E-state index contributed by atoms with van der Waals surface area (Å²) < 4.78 is 57.4. The molecular weight excluding hydrogens is 368 g/mol. The van der Waals surface area contributed by atoms with Crippen LogP contribution < -0.4 is 9.04 Å². The Hall–Kier alpha value is -1.65. The molecule has 2 aliphatic heterocycles. The third kappa shape index (κ3) is 3.25. The third-order valence-electron chi connectivity index (χ3n) is 4.39. The van der Waals surface area contributed by atoms with E-state index in [1.54, 1.807) is 0 Å².